The smallest absolute Gasteiger partial charge is 0.186 e. The zero-order valence-electron chi connectivity index (χ0n) is 8.70. The zero-order chi connectivity index (χ0) is 11.3. The average Bonchev–Trinajstić information content (AvgIpc) is 2.24. The fraction of sp³-hybridized carbons (Fsp3) is 0.556. The molecule has 0 saturated carbocycles. The quantitative estimate of drug-likeness (QED) is 0.741. The predicted molar refractivity (Wildman–Crippen MR) is 53.1 cm³/mol. The van der Waals surface area contributed by atoms with Gasteiger partial charge in [0, 0.05) is 7.11 Å². The number of aliphatic hydroxyl groups excluding tert-OH is 1. The van der Waals surface area contributed by atoms with Crippen molar-refractivity contribution in [1.29, 1.82) is 0 Å². The number of methoxy groups -OCH3 is 1. The number of aromatic nitrogens is 2. The molecule has 0 aliphatic heterocycles. The Morgan fingerprint density at radius 1 is 1.60 bits per heavy atom. The third-order valence-electron chi connectivity index (χ3n) is 1.89. The molecule has 0 aliphatic carbocycles. The van der Waals surface area contributed by atoms with E-state index in [1.54, 1.807) is 6.92 Å². The van der Waals surface area contributed by atoms with E-state index in [-0.39, 0.29) is 30.8 Å². The van der Waals surface area contributed by atoms with E-state index in [1.165, 1.54) is 13.4 Å². The van der Waals surface area contributed by atoms with Crippen LogP contribution in [0.3, 0.4) is 0 Å². The molecule has 0 aliphatic rings. The van der Waals surface area contributed by atoms with Crippen LogP contribution in [0, 0.1) is 12.7 Å². The Labute approximate surface area is 87.3 Å². The summed E-state index contributed by atoms with van der Waals surface area (Å²) < 4.78 is 18.3. The number of halogens is 1. The zero-order valence-corrected chi connectivity index (χ0v) is 8.70. The van der Waals surface area contributed by atoms with E-state index < -0.39 is 5.82 Å². The van der Waals surface area contributed by atoms with Crippen LogP contribution in [0.2, 0.25) is 0 Å². The third kappa shape index (κ3) is 3.10. The van der Waals surface area contributed by atoms with Crippen LogP contribution in [-0.2, 0) is 4.74 Å². The van der Waals surface area contributed by atoms with Crippen LogP contribution in [-0.4, -0.2) is 41.4 Å². The molecule has 0 saturated heterocycles. The van der Waals surface area contributed by atoms with Crippen molar-refractivity contribution in [2.24, 2.45) is 0 Å². The van der Waals surface area contributed by atoms with Gasteiger partial charge in [0.1, 0.15) is 6.33 Å². The van der Waals surface area contributed by atoms with E-state index >= 15 is 0 Å². The van der Waals surface area contributed by atoms with Crippen LogP contribution in [0.15, 0.2) is 6.33 Å². The molecule has 6 heteroatoms. The maximum atomic E-state index is 13.4. The molecule has 15 heavy (non-hydrogen) atoms. The monoisotopic (exact) mass is 215 g/mol. The molecule has 0 radical (unpaired) electrons. The third-order valence-corrected chi connectivity index (χ3v) is 1.89. The van der Waals surface area contributed by atoms with E-state index in [0.717, 1.165) is 0 Å². The first-order valence-corrected chi connectivity index (χ1v) is 4.52. The Morgan fingerprint density at radius 2 is 2.33 bits per heavy atom. The van der Waals surface area contributed by atoms with E-state index in [4.69, 9.17) is 9.84 Å². The van der Waals surface area contributed by atoms with Crippen molar-refractivity contribution in [1.82, 2.24) is 9.97 Å². The average molecular weight is 215 g/mol. The minimum atomic E-state index is -0.507. The van der Waals surface area contributed by atoms with Crippen molar-refractivity contribution in [3.63, 3.8) is 0 Å². The largest absolute Gasteiger partial charge is 0.394 e. The van der Waals surface area contributed by atoms with Crippen molar-refractivity contribution in [3.8, 4) is 0 Å². The predicted octanol–water partition coefficient (Wildman–Crippen LogP) is 0.343. The van der Waals surface area contributed by atoms with Gasteiger partial charge in [0.25, 0.3) is 0 Å². The van der Waals surface area contributed by atoms with E-state index in [2.05, 4.69) is 15.3 Å². The standard InChI is InChI=1S/C9H14FN3O2/c1-6-8(10)9(12-5-11-6)13-7(3-14)4-15-2/h5,7,14H,3-4H2,1-2H3,(H,11,12,13). The van der Waals surface area contributed by atoms with Crippen molar-refractivity contribution in [2.75, 3.05) is 25.6 Å². The van der Waals surface area contributed by atoms with Gasteiger partial charge in [0.05, 0.1) is 24.9 Å². The number of hydrogen-bond donors (Lipinski definition) is 2. The summed E-state index contributed by atoms with van der Waals surface area (Å²) in [6.07, 6.45) is 1.27. The van der Waals surface area contributed by atoms with Gasteiger partial charge in [-0.1, -0.05) is 0 Å². The van der Waals surface area contributed by atoms with Gasteiger partial charge < -0.3 is 15.2 Å². The lowest BCUT2D eigenvalue weighted by molar-refractivity contribution is 0.153. The summed E-state index contributed by atoms with van der Waals surface area (Å²) in [7, 11) is 1.51. The van der Waals surface area contributed by atoms with Gasteiger partial charge >= 0.3 is 0 Å². The van der Waals surface area contributed by atoms with Crippen molar-refractivity contribution in [3.05, 3.63) is 17.8 Å². The lowest BCUT2D eigenvalue weighted by Gasteiger charge is -2.16. The molecule has 0 amide bonds. The Kier molecular flexibility index (Phi) is 4.38. The van der Waals surface area contributed by atoms with Gasteiger partial charge in [-0.15, -0.1) is 0 Å². The maximum Gasteiger partial charge on any atom is 0.186 e. The van der Waals surface area contributed by atoms with Crippen LogP contribution in [0.1, 0.15) is 5.69 Å². The molecule has 0 bridgehead atoms. The second-order valence-electron chi connectivity index (χ2n) is 3.10. The highest BCUT2D eigenvalue weighted by molar-refractivity contribution is 5.37. The minimum absolute atomic E-state index is 0.0820. The van der Waals surface area contributed by atoms with Crippen molar-refractivity contribution >= 4 is 5.82 Å². The van der Waals surface area contributed by atoms with Gasteiger partial charge in [0.2, 0.25) is 0 Å². The summed E-state index contributed by atoms with van der Waals surface area (Å²) in [6.45, 7) is 1.67. The van der Waals surface area contributed by atoms with Crippen molar-refractivity contribution < 1.29 is 14.2 Å². The van der Waals surface area contributed by atoms with Crippen LogP contribution < -0.4 is 5.32 Å². The van der Waals surface area contributed by atoms with Crippen molar-refractivity contribution in [2.45, 2.75) is 13.0 Å². The Bertz CT molecular complexity index is 322. The Morgan fingerprint density at radius 3 is 2.93 bits per heavy atom. The molecule has 1 atom stereocenters. The molecule has 2 N–H and O–H groups in total. The Balaban J connectivity index is 2.74. The highest BCUT2D eigenvalue weighted by Gasteiger charge is 2.12. The molecular formula is C9H14FN3O2. The first-order valence-electron chi connectivity index (χ1n) is 4.52. The highest BCUT2D eigenvalue weighted by Crippen LogP contribution is 2.12. The summed E-state index contributed by atoms with van der Waals surface area (Å²) in [6, 6.07) is -0.376. The van der Waals surface area contributed by atoms with E-state index in [1.807, 2.05) is 0 Å². The van der Waals surface area contributed by atoms with Gasteiger partial charge in [0.15, 0.2) is 11.6 Å². The summed E-state index contributed by atoms with van der Waals surface area (Å²) in [5.74, 6) is -0.425. The highest BCUT2D eigenvalue weighted by atomic mass is 19.1. The molecular weight excluding hydrogens is 201 g/mol. The second kappa shape index (κ2) is 5.57. The lowest BCUT2D eigenvalue weighted by atomic mass is 10.3. The molecule has 84 valence electrons. The number of anilines is 1. The van der Waals surface area contributed by atoms with Crippen LogP contribution in [0.5, 0.6) is 0 Å². The first-order chi connectivity index (χ1) is 7.19. The fourth-order valence-electron chi connectivity index (χ4n) is 1.09. The first kappa shape index (κ1) is 11.8. The van der Waals surface area contributed by atoms with E-state index in [9.17, 15) is 4.39 Å². The van der Waals surface area contributed by atoms with Gasteiger partial charge in [-0.2, -0.15) is 0 Å². The van der Waals surface area contributed by atoms with Gasteiger partial charge in [-0.05, 0) is 6.92 Å². The molecule has 0 spiro atoms. The lowest BCUT2D eigenvalue weighted by Crippen LogP contribution is -2.29. The van der Waals surface area contributed by atoms with Gasteiger partial charge in [-0.3, -0.25) is 0 Å². The molecule has 1 rings (SSSR count). The molecule has 1 aromatic rings. The molecule has 0 fully saturated rings. The summed E-state index contributed by atoms with van der Waals surface area (Å²) in [5, 5.41) is 11.7. The molecule has 1 heterocycles. The van der Waals surface area contributed by atoms with Crippen LogP contribution in [0.25, 0.3) is 0 Å². The molecule has 1 aromatic heterocycles. The minimum Gasteiger partial charge on any atom is -0.394 e. The number of nitrogens with one attached hydrogen (secondary N) is 1. The van der Waals surface area contributed by atoms with Crippen LogP contribution in [0.4, 0.5) is 10.2 Å². The number of ether oxygens (including phenoxy) is 1. The molecule has 1 unspecified atom stereocenters. The summed E-state index contributed by atoms with van der Waals surface area (Å²) >= 11 is 0. The number of aliphatic hydroxyl groups is 1. The topological polar surface area (TPSA) is 67.3 Å². The van der Waals surface area contributed by atoms with Gasteiger partial charge in [-0.25, -0.2) is 14.4 Å². The second-order valence-corrected chi connectivity index (χ2v) is 3.10. The number of nitrogens with zero attached hydrogens (tertiary/aromatic N) is 2. The van der Waals surface area contributed by atoms with Crippen LogP contribution >= 0.6 is 0 Å². The summed E-state index contributed by atoms with van der Waals surface area (Å²) in [5.41, 5.74) is 0.265. The number of rotatable bonds is 5. The SMILES string of the molecule is COCC(CO)Nc1ncnc(C)c1F. The summed E-state index contributed by atoms with van der Waals surface area (Å²) in [4.78, 5) is 7.44. The normalized spacial score (nSPS) is 12.5. The maximum absolute atomic E-state index is 13.4. The molecule has 0 aromatic carbocycles. The number of hydrogen-bond acceptors (Lipinski definition) is 5. The Hall–Kier alpha value is -1.27. The molecule has 5 nitrogen and oxygen atoms in total. The van der Waals surface area contributed by atoms with E-state index in [0.29, 0.717) is 0 Å². The number of aryl methyl sites for hydroxylation is 1. The fourth-order valence-corrected chi connectivity index (χ4v) is 1.09.